The molecular weight excluding hydrogens is 506 g/mol. The van der Waals surface area contributed by atoms with Crippen LogP contribution in [0.15, 0.2) is 82.5 Å². The van der Waals surface area contributed by atoms with E-state index in [0.717, 1.165) is 6.42 Å². The lowest BCUT2D eigenvalue weighted by Crippen LogP contribution is -2.19. The van der Waals surface area contributed by atoms with Gasteiger partial charge in [0.1, 0.15) is 11.5 Å². The summed E-state index contributed by atoms with van der Waals surface area (Å²) < 4.78 is 44.1. The highest BCUT2D eigenvalue weighted by molar-refractivity contribution is 7.92. The number of fused-ring (bicyclic) bond motifs is 1. The van der Waals surface area contributed by atoms with Crippen molar-refractivity contribution in [2.75, 3.05) is 11.3 Å². The Kier molecular flexibility index (Phi) is 7.45. The third kappa shape index (κ3) is 5.35. The molecular formula is C28H29N3O6S. The fourth-order valence-electron chi connectivity index (χ4n) is 3.92. The van der Waals surface area contributed by atoms with E-state index in [2.05, 4.69) is 11.3 Å². The van der Waals surface area contributed by atoms with Gasteiger partial charge in [0, 0.05) is 31.8 Å². The molecule has 198 valence electrons. The van der Waals surface area contributed by atoms with Gasteiger partial charge in [-0.2, -0.15) is 0 Å². The largest absolute Gasteiger partial charge is 0.493 e. The van der Waals surface area contributed by atoms with Gasteiger partial charge < -0.3 is 9.47 Å². The smallest absolute Gasteiger partial charge is 0.328 e. The molecule has 3 aromatic carbocycles. The first kappa shape index (κ1) is 26.7. The van der Waals surface area contributed by atoms with E-state index in [9.17, 15) is 18.0 Å². The van der Waals surface area contributed by atoms with Crippen LogP contribution in [0.1, 0.15) is 30.6 Å². The third-order valence-electron chi connectivity index (χ3n) is 5.92. The SMILES string of the molecule is C=C(C)C(=O)c1cccc(S(=O)(=O)Nc2cc3c(cc2Oc2cccc(OCCC)c2)n(C)c(=O)n3C)c1. The molecule has 0 fully saturated rings. The number of hydrogen-bond donors (Lipinski definition) is 1. The Morgan fingerprint density at radius 2 is 1.63 bits per heavy atom. The number of nitrogens with zero attached hydrogens (tertiary/aromatic N) is 2. The molecule has 9 nitrogen and oxygen atoms in total. The highest BCUT2D eigenvalue weighted by Gasteiger charge is 2.21. The first-order chi connectivity index (χ1) is 18.0. The van der Waals surface area contributed by atoms with Crippen molar-refractivity contribution in [3.63, 3.8) is 0 Å². The number of allylic oxidation sites excluding steroid dienone is 1. The van der Waals surface area contributed by atoms with Crippen LogP contribution in [-0.4, -0.2) is 29.9 Å². The zero-order chi connectivity index (χ0) is 27.6. The number of benzene rings is 3. The number of ketones is 1. The maximum Gasteiger partial charge on any atom is 0.328 e. The van der Waals surface area contributed by atoms with Gasteiger partial charge in [-0.1, -0.05) is 31.7 Å². The van der Waals surface area contributed by atoms with Crippen molar-refractivity contribution < 1.29 is 22.7 Å². The number of hydrogen-bond acceptors (Lipinski definition) is 6. The molecule has 0 radical (unpaired) electrons. The lowest BCUT2D eigenvalue weighted by atomic mass is 10.1. The molecule has 1 N–H and O–H groups in total. The van der Waals surface area contributed by atoms with Gasteiger partial charge in [-0.25, -0.2) is 13.2 Å². The van der Waals surface area contributed by atoms with Gasteiger partial charge in [-0.15, -0.1) is 0 Å². The average Bonchev–Trinajstić information content (AvgIpc) is 3.10. The van der Waals surface area contributed by atoms with Crippen molar-refractivity contribution >= 4 is 32.5 Å². The van der Waals surface area contributed by atoms with Crippen LogP contribution in [0.3, 0.4) is 0 Å². The number of carbonyl (C=O) groups is 1. The van der Waals surface area contributed by atoms with Gasteiger partial charge in [0.15, 0.2) is 11.5 Å². The number of ether oxygens (including phenoxy) is 2. The Hall–Kier alpha value is -4.31. The van der Waals surface area contributed by atoms with Gasteiger partial charge in [-0.3, -0.25) is 18.7 Å². The zero-order valence-electron chi connectivity index (χ0n) is 21.6. The average molecular weight is 536 g/mol. The van der Waals surface area contributed by atoms with E-state index in [4.69, 9.17) is 9.47 Å². The Morgan fingerprint density at radius 3 is 2.32 bits per heavy atom. The second-order valence-corrected chi connectivity index (χ2v) is 10.6. The Bertz CT molecular complexity index is 1720. The summed E-state index contributed by atoms with van der Waals surface area (Å²) in [6.45, 7) is 7.75. The molecule has 0 bridgehead atoms. The number of anilines is 1. The molecule has 0 spiro atoms. The maximum atomic E-state index is 13.4. The van der Waals surface area contributed by atoms with Crippen molar-refractivity contribution in [2.45, 2.75) is 25.2 Å². The van der Waals surface area contributed by atoms with Crippen LogP contribution in [0.5, 0.6) is 17.2 Å². The molecule has 0 aliphatic rings. The number of aromatic nitrogens is 2. The molecule has 4 rings (SSSR count). The molecule has 0 atom stereocenters. The second-order valence-electron chi connectivity index (χ2n) is 8.91. The summed E-state index contributed by atoms with van der Waals surface area (Å²) in [6.07, 6.45) is 0.842. The summed E-state index contributed by atoms with van der Waals surface area (Å²) in [5, 5.41) is 0. The minimum atomic E-state index is -4.15. The van der Waals surface area contributed by atoms with E-state index >= 15 is 0 Å². The summed E-state index contributed by atoms with van der Waals surface area (Å²) in [6, 6.07) is 15.9. The van der Waals surface area contributed by atoms with Gasteiger partial charge >= 0.3 is 5.69 Å². The predicted octanol–water partition coefficient (Wildman–Crippen LogP) is 5.02. The van der Waals surface area contributed by atoms with Crippen LogP contribution in [0.4, 0.5) is 5.69 Å². The van der Waals surface area contributed by atoms with E-state index in [1.807, 2.05) is 6.92 Å². The monoisotopic (exact) mass is 535 g/mol. The van der Waals surface area contributed by atoms with Crippen LogP contribution in [0.2, 0.25) is 0 Å². The fourth-order valence-corrected chi connectivity index (χ4v) is 5.03. The zero-order valence-corrected chi connectivity index (χ0v) is 22.5. The highest BCUT2D eigenvalue weighted by atomic mass is 32.2. The van der Waals surface area contributed by atoms with Crippen molar-refractivity contribution in [3.05, 3.63) is 88.9 Å². The first-order valence-electron chi connectivity index (χ1n) is 11.9. The molecule has 0 aliphatic heterocycles. The summed E-state index contributed by atoms with van der Waals surface area (Å²) in [7, 11) is -0.917. The molecule has 0 aliphatic carbocycles. The highest BCUT2D eigenvalue weighted by Crippen LogP contribution is 2.36. The summed E-state index contributed by atoms with van der Waals surface area (Å²) in [5.41, 5.74) is 1.42. The van der Waals surface area contributed by atoms with Gasteiger partial charge in [-0.05, 0) is 49.2 Å². The molecule has 0 amide bonds. The Balaban J connectivity index is 1.79. The quantitative estimate of drug-likeness (QED) is 0.226. The summed E-state index contributed by atoms with van der Waals surface area (Å²) >= 11 is 0. The molecule has 0 saturated carbocycles. The topological polar surface area (TPSA) is 109 Å². The van der Waals surface area contributed by atoms with Crippen molar-refractivity contribution in [3.8, 4) is 17.2 Å². The van der Waals surface area contributed by atoms with E-state index in [1.165, 1.54) is 33.4 Å². The van der Waals surface area contributed by atoms with Gasteiger partial charge in [0.05, 0.1) is 28.2 Å². The van der Waals surface area contributed by atoms with E-state index in [1.54, 1.807) is 57.4 Å². The standard InChI is InChI=1S/C28H29N3O6S/c1-6-13-36-20-10-8-11-21(15-20)37-26-17-25-24(30(4)28(33)31(25)5)16-23(26)29-38(34,35)22-12-7-9-19(14-22)27(32)18(2)3/h7-12,14-17,29H,2,6,13H2,1,3-5H3. The molecule has 38 heavy (non-hydrogen) atoms. The van der Waals surface area contributed by atoms with Crippen LogP contribution in [-0.2, 0) is 24.1 Å². The third-order valence-corrected chi connectivity index (χ3v) is 7.28. The van der Waals surface area contributed by atoms with Gasteiger partial charge in [0.2, 0.25) is 0 Å². The number of rotatable bonds is 10. The minimum absolute atomic E-state index is 0.104. The van der Waals surface area contributed by atoms with Crippen LogP contribution < -0.4 is 19.9 Å². The van der Waals surface area contributed by atoms with E-state index in [-0.39, 0.29) is 33.4 Å². The van der Waals surface area contributed by atoms with Crippen LogP contribution in [0.25, 0.3) is 11.0 Å². The number of Topliss-reactive ketones (excluding diaryl/α,β-unsaturated/α-hetero) is 1. The number of carbonyl (C=O) groups excluding carboxylic acids is 1. The molecule has 10 heteroatoms. The maximum absolute atomic E-state index is 13.4. The Labute approximate surface area is 221 Å². The number of imidazole rings is 1. The molecule has 1 heterocycles. The lowest BCUT2D eigenvalue weighted by Gasteiger charge is -2.15. The van der Waals surface area contributed by atoms with Crippen LogP contribution >= 0.6 is 0 Å². The summed E-state index contributed by atoms with van der Waals surface area (Å²) in [4.78, 5) is 24.8. The first-order valence-corrected chi connectivity index (χ1v) is 13.4. The number of sulfonamides is 1. The van der Waals surface area contributed by atoms with E-state index < -0.39 is 10.0 Å². The molecule has 0 unspecified atom stereocenters. The number of nitrogens with one attached hydrogen (secondary N) is 1. The number of aryl methyl sites for hydroxylation is 2. The van der Waals surface area contributed by atoms with Crippen molar-refractivity contribution in [2.24, 2.45) is 14.1 Å². The normalized spacial score (nSPS) is 11.4. The second kappa shape index (κ2) is 10.6. The predicted molar refractivity (Wildman–Crippen MR) is 147 cm³/mol. The van der Waals surface area contributed by atoms with E-state index in [0.29, 0.717) is 34.7 Å². The Morgan fingerprint density at radius 1 is 0.974 bits per heavy atom. The van der Waals surface area contributed by atoms with Crippen molar-refractivity contribution in [1.82, 2.24) is 9.13 Å². The summed E-state index contributed by atoms with van der Waals surface area (Å²) in [5.74, 6) is 0.869. The minimum Gasteiger partial charge on any atom is -0.493 e. The van der Waals surface area contributed by atoms with Crippen molar-refractivity contribution in [1.29, 1.82) is 0 Å². The molecule has 1 aromatic heterocycles. The van der Waals surface area contributed by atoms with Gasteiger partial charge in [0.25, 0.3) is 10.0 Å². The molecule has 4 aromatic rings. The van der Waals surface area contributed by atoms with Crippen LogP contribution in [0, 0.1) is 0 Å². The lowest BCUT2D eigenvalue weighted by molar-refractivity contribution is 0.103. The fraction of sp³-hybridized carbons (Fsp3) is 0.214. The molecule has 0 saturated heterocycles.